The molecule has 0 saturated carbocycles. The average molecular weight is 298 g/mol. The second-order valence-corrected chi connectivity index (χ2v) is 3.85. The van der Waals surface area contributed by atoms with E-state index < -0.39 is 11.7 Å². The Morgan fingerprint density at radius 2 is 1.81 bits per heavy atom. The van der Waals surface area contributed by atoms with Crippen LogP contribution in [0.1, 0.15) is 11.3 Å². The molecule has 0 fully saturated rings. The van der Waals surface area contributed by atoms with Crippen molar-refractivity contribution in [3.63, 3.8) is 0 Å². The normalized spacial score (nSPS) is 12.2. The zero-order valence-electron chi connectivity index (χ0n) is 10.4. The molecular weight excluding hydrogens is 289 g/mol. The number of ether oxygens (including phenoxy) is 1. The van der Waals surface area contributed by atoms with Gasteiger partial charge in [-0.1, -0.05) is 5.16 Å². The van der Waals surface area contributed by atoms with Crippen molar-refractivity contribution in [2.24, 2.45) is 10.9 Å². The van der Waals surface area contributed by atoms with E-state index in [9.17, 15) is 13.2 Å². The molecule has 21 heavy (non-hydrogen) atoms. The minimum absolute atomic E-state index is 0.0595. The van der Waals surface area contributed by atoms with Gasteiger partial charge in [-0.05, 0) is 24.3 Å². The largest absolute Gasteiger partial charge is 0.438 e. The molecule has 1 aromatic heterocycles. The average Bonchev–Trinajstić information content (AvgIpc) is 2.47. The molecule has 0 aliphatic carbocycles. The highest BCUT2D eigenvalue weighted by molar-refractivity contribution is 5.94. The van der Waals surface area contributed by atoms with Crippen molar-refractivity contribution < 1.29 is 23.1 Å². The smallest absolute Gasteiger partial charge is 0.416 e. The third-order valence-corrected chi connectivity index (χ3v) is 2.40. The van der Waals surface area contributed by atoms with Gasteiger partial charge in [0.2, 0.25) is 5.88 Å². The number of alkyl halides is 3. The summed E-state index contributed by atoms with van der Waals surface area (Å²) in [5, 5.41) is 11.2. The Bertz CT molecular complexity index is 639. The van der Waals surface area contributed by atoms with Crippen LogP contribution in [0, 0.1) is 0 Å². The van der Waals surface area contributed by atoms with Crippen molar-refractivity contribution in [2.45, 2.75) is 6.18 Å². The number of nitrogens with zero attached hydrogens (tertiary/aromatic N) is 3. The van der Waals surface area contributed by atoms with Gasteiger partial charge in [0.05, 0.1) is 18.0 Å². The van der Waals surface area contributed by atoms with Crippen molar-refractivity contribution in [3.05, 3.63) is 47.9 Å². The molecule has 2 rings (SSSR count). The number of hydrogen-bond acceptors (Lipinski definition) is 5. The topological polar surface area (TPSA) is 93.6 Å². The molecule has 0 atom stereocenters. The highest BCUT2D eigenvalue weighted by Crippen LogP contribution is 2.30. The number of benzene rings is 1. The molecule has 1 aromatic carbocycles. The van der Waals surface area contributed by atoms with Crippen LogP contribution < -0.4 is 10.5 Å². The summed E-state index contributed by atoms with van der Waals surface area (Å²) in [5.74, 6) is 0.0154. The van der Waals surface area contributed by atoms with E-state index in [0.717, 1.165) is 12.1 Å². The van der Waals surface area contributed by atoms with Crippen LogP contribution in [-0.4, -0.2) is 21.0 Å². The van der Waals surface area contributed by atoms with E-state index in [1.54, 1.807) is 0 Å². The summed E-state index contributed by atoms with van der Waals surface area (Å²) in [4.78, 5) is 7.65. The highest BCUT2D eigenvalue weighted by atomic mass is 19.4. The van der Waals surface area contributed by atoms with Gasteiger partial charge < -0.3 is 15.7 Å². The van der Waals surface area contributed by atoms with Crippen LogP contribution in [0.3, 0.4) is 0 Å². The maximum Gasteiger partial charge on any atom is 0.416 e. The molecular formula is C12H9F3N4O2. The molecule has 3 N–H and O–H groups in total. The molecule has 0 aliphatic rings. The standard InChI is InChI=1S/C12H9F3N4O2/c13-12(14,15)7-1-3-8(4-2-7)21-10-6-17-9(5-18-10)11(16)19-20/h1-6,20H,(H2,16,19). The zero-order valence-corrected chi connectivity index (χ0v) is 10.4. The summed E-state index contributed by atoms with van der Waals surface area (Å²) in [7, 11) is 0. The first kappa shape index (κ1) is 14.6. The maximum absolute atomic E-state index is 12.4. The molecule has 0 aliphatic heterocycles. The van der Waals surface area contributed by atoms with Crippen LogP contribution in [0.2, 0.25) is 0 Å². The van der Waals surface area contributed by atoms with Gasteiger partial charge >= 0.3 is 6.18 Å². The van der Waals surface area contributed by atoms with Crippen molar-refractivity contribution in [1.82, 2.24) is 9.97 Å². The Balaban J connectivity index is 2.11. The van der Waals surface area contributed by atoms with Crippen LogP contribution in [0.15, 0.2) is 41.8 Å². The SMILES string of the molecule is NC(=NO)c1cnc(Oc2ccc(C(F)(F)F)cc2)cn1. The van der Waals surface area contributed by atoms with Crippen LogP contribution in [0.5, 0.6) is 11.6 Å². The number of hydrogen-bond donors (Lipinski definition) is 2. The summed E-state index contributed by atoms with van der Waals surface area (Å²) < 4.78 is 42.4. The third kappa shape index (κ3) is 3.59. The molecule has 0 unspecified atom stereocenters. The number of aromatic nitrogens is 2. The number of amidine groups is 1. The zero-order chi connectivity index (χ0) is 15.5. The van der Waals surface area contributed by atoms with E-state index in [-0.39, 0.29) is 23.2 Å². The van der Waals surface area contributed by atoms with Crippen LogP contribution >= 0.6 is 0 Å². The van der Waals surface area contributed by atoms with Crippen LogP contribution in [-0.2, 0) is 6.18 Å². The number of rotatable bonds is 3. The lowest BCUT2D eigenvalue weighted by Gasteiger charge is -2.08. The van der Waals surface area contributed by atoms with Crippen molar-refractivity contribution in [1.29, 1.82) is 0 Å². The first-order valence-corrected chi connectivity index (χ1v) is 5.55. The summed E-state index contributed by atoms with van der Waals surface area (Å²) >= 11 is 0. The van der Waals surface area contributed by atoms with Gasteiger partial charge in [0, 0.05) is 0 Å². The van der Waals surface area contributed by atoms with E-state index in [2.05, 4.69) is 15.1 Å². The Hall–Kier alpha value is -2.84. The third-order valence-electron chi connectivity index (χ3n) is 2.40. The minimum Gasteiger partial charge on any atom is -0.438 e. The van der Waals surface area contributed by atoms with E-state index in [1.165, 1.54) is 24.5 Å². The predicted molar refractivity (Wildman–Crippen MR) is 66.1 cm³/mol. The molecule has 2 aromatic rings. The molecule has 6 nitrogen and oxygen atoms in total. The summed E-state index contributed by atoms with van der Waals surface area (Å²) in [6.07, 6.45) is -2.00. The van der Waals surface area contributed by atoms with Crippen molar-refractivity contribution >= 4 is 5.84 Å². The first-order chi connectivity index (χ1) is 9.90. The van der Waals surface area contributed by atoms with Crippen molar-refractivity contribution in [3.8, 4) is 11.6 Å². The lowest BCUT2D eigenvalue weighted by molar-refractivity contribution is -0.137. The Kier molecular flexibility index (Phi) is 3.92. The Morgan fingerprint density at radius 1 is 1.14 bits per heavy atom. The Labute approximate surface area is 116 Å². The van der Waals surface area contributed by atoms with Crippen LogP contribution in [0.25, 0.3) is 0 Å². The molecule has 0 saturated heterocycles. The fourth-order valence-corrected chi connectivity index (χ4v) is 1.39. The van der Waals surface area contributed by atoms with E-state index >= 15 is 0 Å². The molecule has 0 bridgehead atoms. The number of oxime groups is 1. The fraction of sp³-hybridized carbons (Fsp3) is 0.0833. The fourth-order valence-electron chi connectivity index (χ4n) is 1.39. The summed E-state index contributed by atoms with van der Waals surface area (Å²) in [6.45, 7) is 0. The predicted octanol–water partition coefficient (Wildman–Crippen LogP) is 2.38. The molecule has 110 valence electrons. The quantitative estimate of drug-likeness (QED) is 0.393. The van der Waals surface area contributed by atoms with E-state index in [1.807, 2.05) is 0 Å². The second-order valence-electron chi connectivity index (χ2n) is 3.85. The molecule has 1 heterocycles. The lowest BCUT2D eigenvalue weighted by Crippen LogP contribution is -2.15. The highest BCUT2D eigenvalue weighted by Gasteiger charge is 2.30. The monoisotopic (exact) mass is 298 g/mol. The van der Waals surface area contributed by atoms with Crippen molar-refractivity contribution in [2.75, 3.05) is 0 Å². The second kappa shape index (κ2) is 5.65. The van der Waals surface area contributed by atoms with Gasteiger partial charge in [0.1, 0.15) is 11.4 Å². The van der Waals surface area contributed by atoms with Gasteiger partial charge in [-0.3, -0.25) is 0 Å². The van der Waals surface area contributed by atoms with Crippen LogP contribution in [0.4, 0.5) is 13.2 Å². The van der Waals surface area contributed by atoms with Gasteiger partial charge in [0.15, 0.2) is 5.84 Å². The van der Waals surface area contributed by atoms with Gasteiger partial charge in [-0.15, -0.1) is 0 Å². The molecule has 0 spiro atoms. The summed E-state index contributed by atoms with van der Waals surface area (Å²) in [5.41, 5.74) is 4.67. The van der Waals surface area contributed by atoms with Gasteiger partial charge in [-0.25, -0.2) is 9.97 Å². The lowest BCUT2D eigenvalue weighted by atomic mass is 10.2. The molecule has 0 amide bonds. The summed E-state index contributed by atoms with van der Waals surface area (Å²) in [6, 6.07) is 4.13. The molecule has 0 radical (unpaired) electrons. The van der Waals surface area contributed by atoms with E-state index in [0.29, 0.717) is 0 Å². The minimum atomic E-state index is -4.40. The number of halogens is 3. The maximum atomic E-state index is 12.4. The first-order valence-electron chi connectivity index (χ1n) is 5.55. The van der Waals surface area contributed by atoms with E-state index in [4.69, 9.17) is 15.7 Å². The molecule has 9 heteroatoms. The van der Waals surface area contributed by atoms with Gasteiger partial charge in [-0.2, -0.15) is 13.2 Å². The van der Waals surface area contributed by atoms with Gasteiger partial charge in [0.25, 0.3) is 0 Å². The number of nitrogens with two attached hydrogens (primary N) is 1. The Morgan fingerprint density at radius 3 is 2.29 bits per heavy atom.